The highest BCUT2D eigenvalue weighted by Gasteiger charge is 2.13. The largest absolute Gasteiger partial charge is 0.313 e. The maximum atomic E-state index is 4.30. The summed E-state index contributed by atoms with van der Waals surface area (Å²) < 4.78 is 0. The highest BCUT2D eigenvalue weighted by Crippen LogP contribution is 2.16. The monoisotopic (exact) mass is 208 g/mol. The van der Waals surface area contributed by atoms with E-state index in [9.17, 15) is 0 Å². The van der Waals surface area contributed by atoms with E-state index in [1.165, 1.54) is 23.6 Å². The summed E-state index contributed by atoms with van der Waals surface area (Å²) in [5.74, 6) is 2.60. The zero-order chi connectivity index (χ0) is 9.64. The normalized spacial score (nSPS) is 21.3. The molecule has 1 aromatic heterocycles. The second kappa shape index (κ2) is 5.37. The minimum absolute atomic E-state index is 0.740. The maximum absolute atomic E-state index is 4.30. The van der Waals surface area contributed by atoms with E-state index in [1.807, 2.05) is 18.3 Å². The van der Waals surface area contributed by atoms with Crippen molar-refractivity contribution in [3.05, 3.63) is 30.1 Å². The molecule has 2 rings (SSSR count). The Balaban J connectivity index is 1.67. The summed E-state index contributed by atoms with van der Waals surface area (Å²) >= 11 is 2.05. The van der Waals surface area contributed by atoms with Gasteiger partial charge in [0.05, 0.1) is 0 Å². The molecular weight excluding hydrogens is 192 g/mol. The van der Waals surface area contributed by atoms with Crippen molar-refractivity contribution >= 4 is 11.8 Å². The molecule has 14 heavy (non-hydrogen) atoms. The van der Waals surface area contributed by atoms with Crippen molar-refractivity contribution in [3.8, 4) is 0 Å². The first-order valence-corrected chi connectivity index (χ1v) is 6.31. The fourth-order valence-corrected chi connectivity index (χ4v) is 2.83. The van der Waals surface area contributed by atoms with Crippen LogP contribution >= 0.6 is 11.8 Å². The van der Waals surface area contributed by atoms with Crippen molar-refractivity contribution in [3.63, 3.8) is 0 Å². The summed E-state index contributed by atoms with van der Waals surface area (Å²) in [4.78, 5) is 4.30. The fraction of sp³-hybridized carbons (Fsp3) is 0.545. The zero-order valence-electron chi connectivity index (χ0n) is 8.28. The Morgan fingerprint density at radius 1 is 1.50 bits per heavy atom. The second-order valence-corrected chi connectivity index (χ2v) is 4.74. The van der Waals surface area contributed by atoms with Gasteiger partial charge in [0.1, 0.15) is 0 Å². The third kappa shape index (κ3) is 3.00. The number of hydrogen-bond donors (Lipinski definition) is 1. The van der Waals surface area contributed by atoms with Crippen LogP contribution in [0.5, 0.6) is 0 Å². The van der Waals surface area contributed by atoms with Crippen LogP contribution in [0.4, 0.5) is 0 Å². The molecule has 0 spiro atoms. The zero-order valence-corrected chi connectivity index (χ0v) is 9.09. The molecule has 0 aliphatic carbocycles. The molecule has 1 saturated heterocycles. The van der Waals surface area contributed by atoms with Gasteiger partial charge in [-0.3, -0.25) is 4.98 Å². The molecule has 1 unspecified atom stereocenters. The number of hydrogen-bond acceptors (Lipinski definition) is 3. The second-order valence-electron chi connectivity index (χ2n) is 3.59. The van der Waals surface area contributed by atoms with Crippen molar-refractivity contribution in [1.82, 2.24) is 10.3 Å². The molecular formula is C11H16N2S. The Hall–Kier alpha value is -0.540. The smallest absolute Gasteiger partial charge is 0.0416 e. The average Bonchev–Trinajstić information content (AvgIpc) is 2.72. The van der Waals surface area contributed by atoms with E-state index >= 15 is 0 Å². The van der Waals surface area contributed by atoms with Crippen molar-refractivity contribution in [2.75, 3.05) is 18.1 Å². The first-order chi connectivity index (χ1) is 6.95. The summed E-state index contributed by atoms with van der Waals surface area (Å²) in [6, 6.07) is 6.84. The van der Waals surface area contributed by atoms with Crippen LogP contribution in [-0.2, 0) is 6.42 Å². The maximum Gasteiger partial charge on any atom is 0.0416 e. The molecule has 76 valence electrons. The Morgan fingerprint density at radius 2 is 2.50 bits per heavy atom. The summed E-state index contributed by atoms with van der Waals surface area (Å²) in [6.45, 7) is 1.06. The van der Waals surface area contributed by atoms with Crippen LogP contribution < -0.4 is 5.32 Å². The molecule has 2 nitrogen and oxygen atoms in total. The predicted molar refractivity (Wildman–Crippen MR) is 61.7 cm³/mol. The van der Waals surface area contributed by atoms with Gasteiger partial charge in [-0.05, 0) is 24.3 Å². The number of pyridine rings is 1. The van der Waals surface area contributed by atoms with Gasteiger partial charge in [0.2, 0.25) is 0 Å². The molecule has 1 fully saturated rings. The van der Waals surface area contributed by atoms with Gasteiger partial charge >= 0.3 is 0 Å². The van der Waals surface area contributed by atoms with E-state index < -0.39 is 0 Å². The fourth-order valence-electron chi connectivity index (χ4n) is 1.65. The molecule has 1 atom stereocenters. The number of nitrogens with zero attached hydrogens (tertiary/aromatic N) is 1. The molecule has 0 radical (unpaired) electrons. The van der Waals surface area contributed by atoms with Crippen LogP contribution in [-0.4, -0.2) is 29.1 Å². The molecule has 0 saturated carbocycles. The van der Waals surface area contributed by atoms with E-state index in [0.29, 0.717) is 0 Å². The van der Waals surface area contributed by atoms with Crippen molar-refractivity contribution < 1.29 is 0 Å². The van der Waals surface area contributed by atoms with Crippen LogP contribution in [0, 0.1) is 0 Å². The lowest BCUT2D eigenvalue weighted by Crippen LogP contribution is -2.30. The number of rotatable bonds is 4. The van der Waals surface area contributed by atoms with Gasteiger partial charge in [-0.15, -0.1) is 0 Å². The summed E-state index contributed by atoms with van der Waals surface area (Å²) in [5, 5.41) is 3.57. The lowest BCUT2D eigenvalue weighted by molar-refractivity contribution is 0.558. The third-order valence-corrected chi connectivity index (χ3v) is 3.63. The van der Waals surface area contributed by atoms with Crippen molar-refractivity contribution in [1.29, 1.82) is 0 Å². The van der Waals surface area contributed by atoms with E-state index in [4.69, 9.17) is 0 Å². The van der Waals surface area contributed by atoms with Crippen LogP contribution in [0.15, 0.2) is 24.4 Å². The van der Waals surface area contributed by atoms with E-state index in [0.717, 1.165) is 19.0 Å². The first kappa shape index (κ1) is 9.99. The van der Waals surface area contributed by atoms with E-state index in [-0.39, 0.29) is 0 Å². The topological polar surface area (TPSA) is 24.9 Å². The lowest BCUT2D eigenvalue weighted by Gasteiger charge is -2.10. The van der Waals surface area contributed by atoms with Gasteiger partial charge in [-0.1, -0.05) is 6.07 Å². The summed E-state index contributed by atoms with van der Waals surface area (Å²) in [6.07, 6.45) is 4.23. The van der Waals surface area contributed by atoms with Gasteiger partial charge in [0.15, 0.2) is 0 Å². The molecule has 0 aromatic carbocycles. The molecule has 3 heteroatoms. The van der Waals surface area contributed by atoms with E-state index in [2.05, 4.69) is 28.1 Å². The highest BCUT2D eigenvalue weighted by molar-refractivity contribution is 7.99. The van der Waals surface area contributed by atoms with E-state index in [1.54, 1.807) is 0 Å². The minimum Gasteiger partial charge on any atom is -0.313 e. The molecule has 1 N–H and O–H groups in total. The highest BCUT2D eigenvalue weighted by atomic mass is 32.2. The Morgan fingerprint density at radius 3 is 3.21 bits per heavy atom. The molecule has 0 bridgehead atoms. The molecule has 1 aliphatic rings. The third-order valence-electron chi connectivity index (χ3n) is 2.47. The summed E-state index contributed by atoms with van der Waals surface area (Å²) in [7, 11) is 0. The van der Waals surface area contributed by atoms with Crippen LogP contribution in [0.3, 0.4) is 0 Å². The van der Waals surface area contributed by atoms with Gasteiger partial charge in [-0.25, -0.2) is 0 Å². The van der Waals surface area contributed by atoms with Crippen LogP contribution in [0.25, 0.3) is 0 Å². The minimum atomic E-state index is 0.740. The van der Waals surface area contributed by atoms with Crippen LogP contribution in [0.1, 0.15) is 12.1 Å². The molecule has 0 amide bonds. The van der Waals surface area contributed by atoms with Crippen molar-refractivity contribution in [2.45, 2.75) is 18.9 Å². The number of aromatic nitrogens is 1. The van der Waals surface area contributed by atoms with Gasteiger partial charge in [0, 0.05) is 36.7 Å². The Kier molecular flexibility index (Phi) is 3.83. The van der Waals surface area contributed by atoms with Gasteiger partial charge < -0.3 is 5.32 Å². The molecule has 1 aromatic rings. The predicted octanol–water partition coefficient (Wildman–Crippen LogP) is 1.72. The molecule has 1 aliphatic heterocycles. The quantitative estimate of drug-likeness (QED) is 0.815. The lowest BCUT2D eigenvalue weighted by atomic mass is 10.2. The molecule has 2 heterocycles. The van der Waals surface area contributed by atoms with Gasteiger partial charge in [0.25, 0.3) is 0 Å². The SMILES string of the molecule is c1ccc(CCNC2CCSC2)nc1. The van der Waals surface area contributed by atoms with Crippen LogP contribution in [0.2, 0.25) is 0 Å². The number of nitrogens with one attached hydrogen (secondary N) is 1. The summed E-state index contributed by atoms with van der Waals surface area (Å²) in [5.41, 5.74) is 1.19. The first-order valence-electron chi connectivity index (χ1n) is 5.16. The average molecular weight is 208 g/mol. The number of thioether (sulfide) groups is 1. The van der Waals surface area contributed by atoms with Gasteiger partial charge in [-0.2, -0.15) is 11.8 Å². The standard InChI is InChI=1S/C11H16N2S/c1-2-6-12-10(3-1)4-7-13-11-5-8-14-9-11/h1-3,6,11,13H,4-5,7-9H2. The Bertz CT molecular complexity index is 257. The van der Waals surface area contributed by atoms with Crippen molar-refractivity contribution in [2.24, 2.45) is 0 Å². The Labute approximate surface area is 89.5 Å².